The van der Waals surface area contributed by atoms with Crippen molar-refractivity contribution in [2.24, 2.45) is 9.98 Å². The molecule has 1 atom stereocenters. The predicted octanol–water partition coefficient (Wildman–Crippen LogP) is 3.88. The van der Waals surface area contributed by atoms with Crippen LogP contribution in [-0.2, 0) is 11.2 Å². The lowest BCUT2D eigenvalue weighted by atomic mass is 9.99. The van der Waals surface area contributed by atoms with E-state index in [0.717, 1.165) is 30.9 Å². The van der Waals surface area contributed by atoms with Crippen molar-refractivity contribution in [2.45, 2.75) is 44.8 Å². The summed E-state index contributed by atoms with van der Waals surface area (Å²) in [7, 11) is 5.50. The van der Waals surface area contributed by atoms with E-state index in [1.54, 1.807) is 20.4 Å². The third-order valence-electron chi connectivity index (χ3n) is 7.99. The molecule has 0 spiro atoms. The number of nitrogens with zero attached hydrogens (tertiary/aromatic N) is 7. The summed E-state index contributed by atoms with van der Waals surface area (Å²) in [5, 5.41) is 6.99. The molecule has 0 radical (unpaired) electrons. The summed E-state index contributed by atoms with van der Waals surface area (Å²) in [6, 6.07) is 4.98. The molecule has 3 aliphatic rings. The maximum atomic E-state index is 6.40. The lowest BCUT2D eigenvalue weighted by Crippen LogP contribution is -2.52. The molecule has 2 saturated heterocycles. The Hall–Kier alpha value is -3.15. The van der Waals surface area contributed by atoms with Crippen LogP contribution in [-0.4, -0.2) is 105 Å². The van der Waals surface area contributed by atoms with Gasteiger partial charge in [-0.05, 0) is 37.9 Å². The van der Waals surface area contributed by atoms with Crippen LogP contribution in [0.2, 0.25) is 5.02 Å². The van der Waals surface area contributed by atoms with Gasteiger partial charge in [0.05, 0.1) is 32.5 Å². The van der Waals surface area contributed by atoms with Crippen LogP contribution in [0.1, 0.15) is 31.7 Å². The smallest absolute Gasteiger partial charge is 0.229 e. The van der Waals surface area contributed by atoms with Crippen molar-refractivity contribution in [1.29, 1.82) is 0 Å². The molecule has 2 N–H and O–H groups in total. The highest BCUT2D eigenvalue weighted by atomic mass is 35.5. The molecule has 3 aliphatic heterocycles. The van der Waals surface area contributed by atoms with Gasteiger partial charge in [0.25, 0.3) is 0 Å². The highest BCUT2D eigenvalue weighted by Gasteiger charge is 2.28. The maximum Gasteiger partial charge on any atom is 0.229 e. The van der Waals surface area contributed by atoms with Crippen LogP contribution in [0.4, 0.5) is 23.1 Å². The Bertz CT molecular complexity index is 1220. The van der Waals surface area contributed by atoms with Crippen LogP contribution in [0.15, 0.2) is 28.3 Å². The second-order valence-electron chi connectivity index (χ2n) is 10.5. The first-order valence-electron chi connectivity index (χ1n) is 14.0. The Kier molecular flexibility index (Phi) is 9.23. The number of likely N-dealkylation sites (N-methyl/N-ethyl adjacent to an activating group) is 1. The van der Waals surface area contributed by atoms with Gasteiger partial charge in [0.1, 0.15) is 23.3 Å². The van der Waals surface area contributed by atoms with E-state index in [0.29, 0.717) is 35.1 Å². The quantitative estimate of drug-likeness (QED) is 0.490. The first-order valence-corrected chi connectivity index (χ1v) is 14.4. The molecule has 0 saturated carbocycles. The van der Waals surface area contributed by atoms with Crippen molar-refractivity contribution in [2.75, 3.05) is 76.1 Å². The fraction of sp³-hybridized carbons (Fsp3) is 0.571. The van der Waals surface area contributed by atoms with E-state index < -0.39 is 0 Å². The number of rotatable bonds is 8. The molecule has 12 heteroatoms. The molecule has 0 aliphatic carbocycles. The molecular weight excluding hydrogens is 530 g/mol. The van der Waals surface area contributed by atoms with Gasteiger partial charge in [-0.2, -0.15) is 4.98 Å². The summed E-state index contributed by atoms with van der Waals surface area (Å²) in [5.41, 5.74) is 3.32. The summed E-state index contributed by atoms with van der Waals surface area (Å²) in [6.07, 6.45) is 6.54. The van der Waals surface area contributed by atoms with E-state index in [1.807, 2.05) is 0 Å². The molecule has 0 bridgehead atoms. The van der Waals surface area contributed by atoms with Gasteiger partial charge >= 0.3 is 0 Å². The largest absolute Gasteiger partial charge is 0.494 e. The fourth-order valence-corrected chi connectivity index (χ4v) is 5.74. The Labute approximate surface area is 241 Å². The number of benzene rings is 1. The van der Waals surface area contributed by atoms with Crippen molar-refractivity contribution in [3.63, 3.8) is 0 Å². The number of methoxy groups -OCH3 is 2. The van der Waals surface area contributed by atoms with Crippen LogP contribution in [0.25, 0.3) is 0 Å². The molecule has 1 aromatic carbocycles. The molecule has 0 amide bonds. The summed E-state index contributed by atoms with van der Waals surface area (Å²) in [5.74, 6) is 2.23. The van der Waals surface area contributed by atoms with Gasteiger partial charge in [0.2, 0.25) is 5.95 Å². The summed E-state index contributed by atoms with van der Waals surface area (Å²) >= 11 is 6.40. The second kappa shape index (κ2) is 13.0. The number of ether oxygens (including phenoxy) is 2. The highest BCUT2D eigenvalue weighted by molar-refractivity contribution is 6.32. The number of hydrogen-bond acceptors (Lipinski definition) is 11. The normalized spacial score (nSPS) is 20.8. The third kappa shape index (κ3) is 6.59. The molecule has 216 valence electrons. The van der Waals surface area contributed by atoms with Gasteiger partial charge in [0.15, 0.2) is 11.7 Å². The van der Waals surface area contributed by atoms with Crippen molar-refractivity contribution < 1.29 is 9.47 Å². The van der Waals surface area contributed by atoms with Crippen LogP contribution in [0.3, 0.4) is 0 Å². The Morgan fingerprint density at radius 2 is 1.82 bits per heavy atom. The number of nitrogens with one attached hydrogen (secondary N) is 2. The number of piperidine rings is 1. The monoisotopic (exact) mass is 569 g/mol. The number of hydrogen-bond donors (Lipinski definition) is 2. The van der Waals surface area contributed by atoms with Gasteiger partial charge in [-0.1, -0.05) is 18.5 Å². The highest BCUT2D eigenvalue weighted by Crippen LogP contribution is 2.37. The molecule has 2 fully saturated rings. The zero-order valence-electron chi connectivity index (χ0n) is 23.9. The predicted molar refractivity (Wildman–Crippen MR) is 162 cm³/mol. The van der Waals surface area contributed by atoms with Gasteiger partial charge in [-0.3, -0.25) is 4.90 Å². The minimum atomic E-state index is -0.284. The average molecular weight is 570 g/mol. The zero-order chi connectivity index (χ0) is 28.1. The SMILES string of the molecule is CCc1cc(Nc2ncc(Cl)c(NC3CC(OC)=NC=N3)n2)c(OC)cc1N1CCC(N2CCN(C)CC2)CC1. The van der Waals surface area contributed by atoms with Crippen molar-refractivity contribution in [3.05, 3.63) is 28.9 Å². The molecule has 1 unspecified atom stereocenters. The average Bonchev–Trinajstić information content (AvgIpc) is 2.99. The topological polar surface area (TPSA) is 103 Å². The molecular formula is C28H40ClN9O2. The van der Waals surface area contributed by atoms with Crippen molar-refractivity contribution in [3.8, 4) is 5.75 Å². The lowest BCUT2D eigenvalue weighted by molar-refractivity contribution is 0.0982. The molecule has 5 rings (SSSR count). The van der Waals surface area contributed by atoms with E-state index in [-0.39, 0.29) is 6.17 Å². The van der Waals surface area contributed by atoms with Crippen LogP contribution < -0.4 is 20.3 Å². The van der Waals surface area contributed by atoms with Crippen molar-refractivity contribution in [1.82, 2.24) is 19.8 Å². The number of anilines is 4. The first kappa shape index (κ1) is 28.4. The zero-order valence-corrected chi connectivity index (χ0v) is 24.6. The maximum absolute atomic E-state index is 6.40. The van der Waals surface area contributed by atoms with Crippen LogP contribution >= 0.6 is 11.6 Å². The number of aromatic nitrogens is 2. The number of aryl methyl sites for hydroxylation is 1. The third-order valence-corrected chi connectivity index (χ3v) is 8.26. The summed E-state index contributed by atoms with van der Waals surface area (Å²) in [6.45, 7) is 8.97. The molecule has 4 heterocycles. The van der Waals surface area contributed by atoms with Gasteiger partial charge < -0.3 is 29.9 Å². The Balaban J connectivity index is 1.28. The second-order valence-corrected chi connectivity index (χ2v) is 10.9. The lowest BCUT2D eigenvalue weighted by Gasteiger charge is -2.43. The first-order chi connectivity index (χ1) is 19.5. The standard InChI is InChI=1S/C28H40ClN9O2/c1-5-19-14-22(33-28-30-17-21(29)27(35-28)34-25-16-26(40-4)32-18-31-25)24(39-3)15-23(19)38-8-6-20(7-9-38)37-12-10-36(2)11-13-37/h14-15,17-18,20,25H,5-13,16H2,1-4H3,(H2,30,33,34,35). The summed E-state index contributed by atoms with van der Waals surface area (Å²) in [4.78, 5) is 25.1. The number of aliphatic imine (C=N–C) groups is 2. The van der Waals surface area contributed by atoms with E-state index in [2.05, 4.69) is 71.4 Å². The number of piperazine rings is 1. The van der Waals surface area contributed by atoms with E-state index in [4.69, 9.17) is 21.1 Å². The van der Waals surface area contributed by atoms with E-state index >= 15 is 0 Å². The van der Waals surface area contributed by atoms with Gasteiger partial charge in [0, 0.05) is 57.1 Å². The minimum Gasteiger partial charge on any atom is -0.494 e. The molecule has 40 heavy (non-hydrogen) atoms. The van der Waals surface area contributed by atoms with Crippen LogP contribution in [0, 0.1) is 0 Å². The number of halogens is 1. The van der Waals surface area contributed by atoms with Gasteiger partial charge in [-0.15, -0.1) is 0 Å². The Morgan fingerprint density at radius 1 is 1.05 bits per heavy atom. The fourth-order valence-electron chi connectivity index (χ4n) is 5.60. The van der Waals surface area contributed by atoms with Crippen molar-refractivity contribution >= 4 is 47.0 Å². The molecule has 11 nitrogen and oxygen atoms in total. The van der Waals surface area contributed by atoms with E-state index in [9.17, 15) is 0 Å². The summed E-state index contributed by atoms with van der Waals surface area (Å²) < 4.78 is 11.1. The molecule has 2 aromatic rings. The minimum absolute atomic E-state index is 0.284. The van der Waals surface area contributed by atoms with Crippen LogP contribution in [0.5, 0.6) is 5.75 Å². The molecule has 1 aromatic heterocycles. The van der Waals surface area contributed by atoms with Gasteiger partial charge in [-0.25, -0.2) is 15.0 Å². The Morgan fingerprint density at radius 3 is 2.52 bits per heavy atom. The van der Waals surface area contributed by atoms with E-state index in [1.165, 1.54) is 56.6 Å².